The molecule has 1 atom stereocenters. The fraction of sp³-hybridized carbons (Fsp3) is 0.611. The Labute approximate surface area is 159 Å². The van der Waals surface area contributed by atoms with Crippen molar-refractivity contribution < 1.29 is 28.8 Å². The number of carbonyl (C=O) groups excluding carboxylic acids is 1. The predicted octanol–water partition coefficient (Wildman–Crippen LogP) is 1.49. The fourth-order valence-corrected chi connectivity index (χ4v) is 5.50. The molecule has 1 aliphatic carbocycles. The Morgan fingerprint density at radius 2 is 1.82 bits per heavy atom. The Kier molecular flexibility index (Phi) is 10.2. The molecule has 2 rings (SSSR count). The van der Waals surface area contributed by atoms with Crippen molar-refractivity contribution >= 4 is 27.8 Å². The maximum Gasteiger partial charge on any atom is 0.196 e. The molecule has 1 aliphatic rings. The summed E-state index contributed by atoms with van der Waals surface area (Å²) < 4.78 is 0. The van der Waals surface area contributed by atoms with Crippen LogP contribution >= 0.6 is 11.8 Å². The molecule has 0 saturated heterocycles. The van der Waals surface area contributed by atoms with Gasteiger partial charge in [0.25, 0.3) is 0 Å². The summed E-state index contributed by atoms with van der Waals surface area (Å²) in [6.07, 6.45) is 10.9. The minimum absolute atomic E-state index is 0. The summed E-state index contributed by atoms with van der Waals surface area (Å²) in [5.41, 5.74) is 1.23. The summed E-state index contributed by atoms with van der Waals surface area (Å²) in [5, 5.41) is 0.401. The van der Waals surface area contributed by atoms with E-state index in [1.54, 1.807) is 11.8 Å². The van der Waals surface area contributed by atoms with E-state index in [4.69, 9.17) is 0 Å². The number of benzene rings is 1. The van der Waals surface area contributed by atoms with Gasteiger partial charge < -0.3 is 24.0 Å². The van der Waals surface area contributed by atoms with Crippen molar-refractivity contribution in [2.75, 3.05) is 24.0 Å². The van der Waals surface area contributed by atoms with Crippen LogP contribution in [0.1, 0.15) is 43.6 Å². The van der Waals surface area contributed by atoms with E-state index in [1.807, 2.05) is 6.07 Å². The molecule has 1 saturated carbocycles. The third-order valence-electron chi connectivity index (χ3n) is 4.27. The van der Waals surface area contributed by atoms with Crippen LogP contribution in [-0.2, 0) is 15.7 Å². The van der Waals surface area contributed by atoms with Gasteiger partial charge in [0.2, 0.25) is 0 Å². The van der Waals surface area contributed by atoms with Gasteiger partial charge in [0.1, 0.15) is 5.75 Å². The Bertz CT molecular complexity index is 430. The van der Waals surface area contributed by atoms with Gasteiger partial charge in [-0.2, -0.15) is 0 Å². The SMILES string of the molecule is C[S+](C)CCSC(=O)C(c1ccccc1)C1CCCCC1.[I-]. The van der Waals surface area contributed by atoms with E-state index in [0.717, 1.165) is 11.5 Å². The van der Waals surface area contributed by atoms with Crippen molar-refractivity contribution in [3.63, 3.8) is 0 Å². The van der Waals surface area contributed by atoms with E-state index in [9.17, 15) is 4.79 Å². The molecule has 0 aromatic heterocycles. The topological polar surface area (TPSA) is 17.1 Å². The van der Waals surface area contributed by atoms with Crippen LogP contribution in [0.5, 0.6) is 0 Å². The van der Waals surface area contributed by atoms with Gasteiger partial charge in [0.15, 0.2) is 5.12 Å². The highest BCUT2D eigenvalue weighted by Crippen LogP contribution is 2.38. The van der Waals surface area contributed by atoms with Gasteiger partial charge in [-0.25, -0.2) is 0 Å². The zero-order chi connectivity index (χ0) is 15.1. The summed E-state index contributed by atoms with van der Waals surface area (Å²) in [4.78, 5) is 12.8. The van der Waals surface area contributed by atoms with E-state index in [-0.39, 0.29) is 29.9 Å². The first-order valence-corrected chi connectivity index (χ1v) is 11.1. The first-order valence-electron chi connectivity index (χ1n) is 7.94. The van der Waals surface area contributed by atoms with Crippen LogP contribution < -0.4 is 24.0 Å². The lowest BCUT2D eigenvalue weighted by atomic mass is 9.77. The first-order chi connectivity index (χ1) is 10.2. The number of rotatable bonds is 6. The summed E-state index contributed by atoms with van der Waals surface area (Å²) >= 11 is 1.57. The highest BCUT2D eigenvalue weighted by Gasteiger charge is 2.31. The number of halogens is 1. The van der Waals surface area contributed by atoms with Crippen molar-refractivity contribution in [3.8, 4) is 0 Å². The zero-order valence-corrected chi connectivity index (χ0v) is 17.4. The standard InChI is InChI=1S/C18H27OS2.HI/c1-21(2)14-13-20-18(19)17(15-9-5-3-6-10-15)16-11-7-4-8-12-16;/h3,5-6,9-10,16-17H,4,7-8,11-14H2,1-2H3;1H/q+1;/p-1. The average Bonchev–Trinajstić information content (AvgIpc) is 2.49. The molecular formula is C18H27IOS2. The van der Waals surface area contributed by atoms with Gasteiger partial charge in [-0.15, -0.1) is 0 Å². The van der Waals surface area contributed by atoms with E-state index in [1.165, 1.54) is 37.7 Å². The molecule has 0 heterocycles. The van der Waals surface area contributed by atoms with Gasteiger partial charge in [0.05, 0.1) is 18.4 Å². The van der Waals surface area contributed by atoms with Crippen LogP contribution in [0.15, 0.2) is 30.3 Å². The van der Waals surface area contributed by atoms with Gasteiger partial charge in [0, 0.05) is 5.75 Å². The van der Waals surface area contributed by atoms with Crippen molar-refractivity contribution in [1.82, 2.24) is 0 Å². The quantitative estimate of drug-likeness (QED) is 0.483. The van der Waals surface area contributed by atoms with Crippen LogP contribution in [-0.4, -0.2) is 29.1 Å². The maximum absolute atomic E-state index is 12.8. The molecule has 22 heavy (non-hydrogen) atoms. The number of thioether (sulfide) groups is 1. The van der Waals surface area contributed by atoms with Gasteiger partial charge in [-0.05, 0) is 35.2 Å². The smallest absolute Gasteiger partial charge is 0.196 e. The number of hydrogen-bond acceptors (Lipinski definition) is 2. The molecule has 1 nitrogen and oxygen atoms in total. The first kappa shape index (κ1) is 20.4. The molecule has 0 N–H and O–H groups in total. The number of hydrogen-bond donors (Lipinski definition) is 0. The van der Waals surface area contributed by atoms with Gasteiger partial charge in [-0.3, -0.25) is 4.79 Å². The normalized spacial score (nSPS) is 17.0. The molecule has 124 valence electrons. The lowest BCUT2D eigenvalue weighted by molar-refractivity contribution is -0.113. The second-order valence-corrected chi connectivity index (χ2v) is 9.62. The Morgan fingerprint density at radius 1 is 1.18 bits per heavy atom. The van der Waals surface area contributed by atoms with E-state index >= 15 is 0 Å². The molecule has 1 aromatic rings. The third-order valence-corrected chi connectivity index (χ3v) is 6.50. The summed E-state index contributed by atoms with van der Waals surface area (Å²) in [5.74, 6) is 2.81. The van der Waals surface area contributed by atoms with Crippen LogP contribution in [0.3, 0.4) is 0 Å². The molecule has 0 aliphatic heterocycles. The molecule has 1 unspecified atom stereocenters. The van der Waals surface area contributed by atoms with Crippen LogP contribution in [0.4, 0.5) is 0 Å². The predicted molar refractivity (Wildman–Crippen MR) is 97.3 cm³/mol. The van der Waals surface area contributed by atoms with Crippen LogP contribution in [0.2, 0.25) is 0 Å². The van der Waals surface area contributed by atoms with E-state index < -0.39 is 0 Å². The lowest BCUT2D eigenvalue weighted by Crippen LogP contribution is -3.00. The summed E-state index contributed by atoms with van der Waals surface area (Å²) in [6.45, 7) is 0. The third kappa shape index (κ3) is 6.44. The molecule has 0 radical (unpaired) electrons. The highest BCUT2D eigenvalue weighted by atomic mass is 127. The molecule has 0 amide bonds. The van der Waals surface area contributed by atoms with E-state index in [0.29, 0.717) is 21.9 Å². The maximum atomic E-state index is 12.8. The largest absolute Gasteiger partial charge is 1.00 e. The number of carbonyl (C=O) groups is 1. The van der Waals surface area contributed by atoms with Crippen molar-refractivity contribution in [2.24, 2.45) is 5.92 Å². The molecule has 0 spiro atoms. The molecular weight excluding hydrogens is 423 g/mol. The molecule has 1 fully saturated rings. The Morgan fingerprint density at radius 3 is 2.41 bits per heavy atom. The Balaban J connectivity index is 0.00000242. The minimum atomic E-state index is 0. The molecule has 4 heteroatoms. The van der Waals surface area contributed by atoms with Crippen LogP contribution in [0.25, 0.3) is 0 Å². The van der Waals surface area contributed by atoms with Gasteiger partial charge in [-0.1, -0.05) is 61.4 Å². The lowest BCUT2D eigenvalue weighted by Gasteiger charge is -2.29. The molecule has 1 aromatic carbocycles. The van der Waals surface area contributed by atoms with Crippen LogP contribution in [0, 0.1) is 5.92 Å². The second-order valence-electron chi connectivity index (χ2n) is 6.14. The second kappa shape index (κ2) is 11.0. The van der Waals surface area contributed by atoms with Crippen molar-refractivity contribution in [1.29, 1.82) is 0 Å². The fourth-order valence-electron chi connectivity index (χ4n) is 3.13. The van der Waals surface area contributed by atoms with Gasteiger partial charge >= 0.3 is 0 Å². The van der Waals surface area contributed by atoms with Crippen molar-refractivity contribution in [2.45, 2.75) is 38.0 Å². The monoisotopic (exact) mass is 450 g/mol. The Hall–Kier alpha value is 0.320. The highest BCUT2D eigenvalue weighted by molar-refractivity contribution is 8.14. The zero-order valence-electron chi connectivity index (χ0n) is 13.6. The van der Waals surface area contributed by atoms with Crippen molar-refractivity contribution in [3.05, 3.63) is 35.9 Å². The summed E-state index contributed by atoms with van der Waals surface area (Å²) in [6, 6.07) is 10.5. The summed E-state index contributed by atoms with van der Waals surface area (Å²) in [7, 11) is 0.433. The molecule has 0 bridgehead atoms. The van der Waals surface area contributed by atoms with E-state index in [2.05, 4.69) is 36.8 Å². The minimum Gasteiger partial charge on any atom is -1.00 e. The average molecular weight is 450 g/mol.